The lowest BCUT2D eigenvalue weighted by Crippen LogP contribution is -2.13. The Labute approximate surface area is 179 Å². The predicted octanol–water partition coefficient (Wildman–Crippen LogP) is 4.86. The second-order valence-electron chi connectivity index (χ2n) is 6.21. The predicted molar refractivity (Wildman–Crippen MR) is 112 cm³/mol. The summed E-state index contributed by atoms with van der Waals surface area (Å²) in [6.45, 7) is -2.94. The maximum absolute atomic E-state index is 12.6. The van der Waals surface area contributed by atoms with E-state index in [1.165, 1.54) is 17.4 Å². The summed E-state index contributed by atoms with van der Waals surface area (Å²) in [4.78, 5) is 16.9. The molecule has 0 aliphatic heterocycles. The fourth-order valence-electron chi connectivity index (χ4n) is 2.82. The largest absolute Gasteiger partial charge is 0.497 e. The molecule has 2 aromatic heterocycles. The summed E-state index contributed by atoms with van der Waals surface area (Å²) in [7, 11) is 1.58. The zero-order chi connectivity index (χ0) is 21.8. The molecular formula is C21H16F2N4O3S. The van der Waals surface area contributed by atoms with Crippen LogP contribution in [-0.2, 0) is 0 Å². The number of amides is 1. The number of hydrogen-bond acceptors (Lipinski definition) is 6. The van der Waals surface area contributed by atoms with Gasteiger partial charge in [-0.3, -0.25) is 10.1 Å². The molecule has 158 valence electrons. The van der Waals surface area contributed by atoms with Gasteiger partial charge in [-0.1, -0.05) is 12.1 Å². The van der Waals surface area contributed by atoms with Gasteiger partial charge in [0, 0.05) is 17.1 Å². The van der Waals surface area contributed by atoms with Gasteiger partial charge in [-0.25, -0.2) is 9.67 Å². The van der Waals surface area contributed by atoms with E-state index in [1.54, 1.807) is 59.8 Å². The highest BCUT2D eigenvalue weighted by molar-refractivity contribution is 7.14. The van der Waals surface area contributed by atoms with E-state index >= 15 is 0 Å². The smallest absolute Gasteiger partial charge is 0.387 e. The molecule has 0 saturated heterocycles. The van der Waals surface area contributed by atoms with Crippen LogP contribution in [-0.4, -0.2) is 34.4 Å². The second kappa shape index (κ2) is 8.92. The molecule has 0 aliphatic rings. The second-order valence-corrected chi connectivity index (χ2v) is 7.07. The van der Waals surface area contributed by atoms with Crippen molar-refractivity contribution in [3.63, 3.8) is 0 Å². The summed E-state index contributed by atoms with van der Waals surface area (Å²) in [6.07, 6.45) is 1.67. The van der Waals surface area contributed by atoms with Crippen molar-refractivity contribution >= 4 is 22.4 Å². The molecule has 0 atom stereocenters. The normalized spacial score (nSPS) is 10.8. The van der Waals surface area contributed by atoms with Gasteiger partial charge in [0.2, 0.25) is 0 Å². The van der Waals surface area contributed by atoms with Crippen LogP contribution in [0.4, 0.5) is 13.9 Å². The molecule has 1 amide bonds. The molecule has 7 nitrogen and oxygen atoms in total. The molecule has 0 radical (unpaired) electrons. The molecule has 0 saturated carbocycles. The minimum absolute atomic E-state index is 0.0129. The van der Waals surface area contributed by atoms with Gasteiger partial charge in [-0.15, -0.1) is 11.3 Å². The van der Waals surface area contributed by atoms with Crippen LogP contribution in [0.2, 0.25) is 0 Å². The average molecular weight is 442 g/mol. The Morgan fingerprint density at radius 2 is 1.90 bits per heavy atom. The van der Waals surface area contributed by atoms with E-state index in [2.05, 4.69) is 20.1 Å². The SMILES string of the molecule is COc1ccc(-n2ccc(C(=O)Nc3nc(-c4ccccc4OC(F)F)cs3)n2)cc1. The maximum atomic E-state index is 12.6. The lowest BCUT2D eigenvalue weighted by atomic mass is 10.1. The van der Waals surface area contributed by atoms with Crippen molar-refractivity contribution in [2.24, 2.45) is 0 Å². The fourth-order valence-corrected chi connectivity index (χ4v) is 3.52. The molecule has 0 unspecified atom stereocenters. The highest BCUT2D eigenvalue weighted by Gasteiger charge is 2.16. The number of carbonyl (C=O) groups is 1. The zero-order valence-corrected chi connectivity index (χ0v) is 17.0. The van der Waals surface area contributed by atoms with E-state index in [0.29, 0.717) is 22.1 Å². The average Bonchev–Trinajstić information content (AvgIpc) is 3.44. The maximum Gasteiger partial charge on any atom is 0.387 e. The number of halogens is 2. The highest BCUT2D eigenvalue weighted by atomic mass is 32.1. The van der Waals surface area contributed by atoms with Crippen molar-refractivity contribution in [3.8, 4) is 28.4 Å². The van der Waals surface area contributed by atoms with Crippen LogP contribution >= 0.6 is 11.3 Å². The quantitative estimate of drug-likeness (QED) is 0.442. The van der Waals surface area contributed by atoms with Gasteiger partial charge in [0.25, 0.3) is 5.91 Å². The number of nitrogens with one attached hydrogen (secondary N) is 1. The summed E-state index contributed by atoms with van der Waals surface area (Å²) in [6, 6.07) is 15.2. The fraction of sp³-hybridized carbons (Fsp3) is 0.0952. The Kier molecular flexibility index (Phi) is 5.89. The molecule has 2 aromatic carbocycles. The molecular weight excluding hydrogens is 426 g/mol. The van der Waals surface area contributed by atoms with Crippen LogP contribution in [0.25, 0.3) is 16.9 Å². The van der Waals surface area contributed by atoms with E-state index in [4.69, 9.17) is 4.74 Å². The Morgan fingerprint density at radius 1 is 1.13 bits per heavy atom. The van der Waals surface area contributed by atoms with E-state index in [0.717, 1.165) is 5.69 Å². The number of hydrogen-bond donors (Lipinski definition) is 1. The van der Waals surface area contributed by atoms with Crippen molar-refractivity contribution in [1.82, 2.24) is 14.8 Å². The summed E-state index contributed by atoms with van der Waals surface area (Å²) >= 11 is 1.17. The molecule has 10 heteroatoms. The van der Waals surface area contributed by atoms with E-state index in [1.807, 2.05) is 12.1 Å². The van der Waals surface area contributed by atoms with Crippen LogP contribution in [0.15, 0.2) is 66.2 Å². The lowest BCUT2D eigenvalue weighted by molar-refractivity contribution is -0.0494. The van der Waals surface area contributed by atoms with Crippen molar-refractivity contribution in [2.75, 3.05) is 12.4 Å². The van der Waals surface area contributed by atoms with Gasteiger partial charge in [0.1, 0.15) is 11.5 Å². The number of thiazole rings is 1. The first-order valence-electron chi connectivity index (χ1n) is 9.04. The van der Waals surface area contributed by atoms with Gasteiger partial charge in [-0.05, 0) is 42.5 Å². The Morgan fingerprint density at radius 3 is 2.65 bits per heavy atom. The zero-order valence-electron chi connectivity index (χ0n) is 16.2. The number of benzene rings is 2. The number of para-hydroxylation sites is 1. The highest BCUT2D eigenvalue weighted by Crippen LogP contribution is 2.33. The first-order chi connectivity index (χ1) is 15.0. The molecule has 4 aromatic rings. The monoisotopic (exact) mass is 442 g/mol. The third-order valence-corrected chi connectivity index (χ3v) is 5.02. The first kappa shape index (κ1) is 20.5. The number of anilines is 1. The minimum Gasteiger partial charge on any atom is -0.497 e. The van der Waals surface area contributed by atoms with Gasteiger partial charge < -0.3 is 9.47 Å². The number of nitrogens with zero attached hydrogens (tertiary/aromatic N) is 3. The Balaban J connectivity index is 1.48. The van der Waals surface area contributed by atoms with Gasteiger partial charge in [-0.2, -0.15) is 13.9 Å². The van der Waals surface area contributed by atoms with Crippen LogP contribution in [0.5, 0.6) is 11.5 Å². The molecule has 0 aliphatic carbocycles. The van der Waals surface area contributed by atoms with Crippen molar-refractivity contribution in [2.45, 2.75) is 6.61 Å². The Bertz CT molecular complexity index is 1190. The van der Waals surface area contributed by atoms with Gasteiger partial charge in [0.05, 0.1) is 18.5 Å². The van der Waals surface area contributed by atoms with Crippen molar-refractivity contribution in [3.05, 3.63) is 71.9 Å². The van der Waals surface area contributed by atoms with Crippen LogP contribution in [0, 0.1) is 0 Å². The number of aromatic nitrogens is 3. The number of carbonyl (C=O) groups excluding carboxylic acids is 1. The number of rotatable bonds is 7. The Hall–Kier alpha value is -3.79. The summed E-state index contributed by atoms with van der Waals surface area (Å²) in [5, 5.41) is 8.92. The molecule has 1 N–H and O–H groups in total. The molecule has 31 heavy (non-hydrogen) atoms. The number of methoxy groups -OCH3 is 1. The van der Waals surface area contributed by atoms with Crippen molar-refractivity contribution in [1.29, 1.82) is 0 Å². The number of ether oxygens (including phenoxy) is 2. The van der Waals surface area contributed by atoms with E-state index in [9.17, 15) is 13.6 Å². The van der Waals surface area contributed by atoms with Gasteiger partial charge >= 0.3 is 6.61 Å². The number of alkyl halides is 2. The molecule has 4 rings (SSSR count). The summed E-state index contributed by atoms with van der Waals surface area (Å²) in [5.41, 5.74) is 1.80. The van der Waals surface area contributed by atoms with E-state index < -0.39 is 12.5 Å². The molecule has 2 heterocycles. The van der Waals surface area contributed by atoms with Gasteiger partial charge in [0.15, 0.2) is 10.8 Å². The molecule has 0 bridgehead atoms. The van der Waals surface area contributed by atoms with Crippen molar-refractivity contribution < 1.29 is 23.0 Å². The van der Waals surface area contributed by atoms with Crippen LogP contribution in [0.3, 0.4) is 0 Å². The first-order valence-corrected chi connectivity index (χ1v) is 9.92. The standard InChI is InChI=1S/C21H16F2N4O3S/c1-29-14-8-6-13(7-9-14)27-11-10-16(26-27)19(28)25-21-24-17(12-31-21)15-4-2-3-5-18(15)30-20(22)23/h2-12,20H,1H3,(H,24,25,28). The van der Waals surface area contributed by atoms with Crippen LogP contribution < -0.4 is 14.8 Å². The van der Waals surface area contributed by atoms with E-state index in [-0.39, 0.29) is 11.4 Å². The third-order valence-electron chi connectivity index (χ3n) is 4.26. The summed E-state index contributed by atoms with van der Waals surface area (Å²) < 4.78 is 36.5. The summed E-state index contributed by atoms with van der Waals surface area (Å²) in [5.74, 6) is 0.290. The molecule has 0 spiro atoms. The third kappa shape index (κ3) is 4.69. The molecule has 0 fully saturated rings. The van der Waals surface area contributed by atoms with Crippen LogP contribution in [0.1, 0.15) is 10.5 Å². The minimum atomic E-state index is -2.94. The topological polar surface area (TPSA) is 78.3 Å². The lowest BCUT2D eigenvalue weighted by Gasteiger charge is -2.08.